The summed E-state index contributed by atoms with van der Waals surface area (Å²) in [6.07, 6.45) is 6.10. The molecule has 1 aromatic carbocycles. The maximum atomic E-state index is 9.20. The van der Waals surface area contributed by atoms with E-state index in [1.165, 1.54) is 36.8 Å². The van der Waals surface area contributed by atoms with Gasteiger partial charge in [-0.2, -0.15) is 0 Å². The van der Waals surface area contributed by atoms with E-state index >= 15 is 0 Å². The highest BCUT2D eigenvalue weighted by Crippen LogP contribution is 2.36. The Labute approximate surface area is 122 Å². The van der Waals surface area contributed by atoms with E-state index in [4.69, 9.17) is 0 Å². The third-order valence-corrected chi connectivity index (χ3v) is 4.84. The fourth-order valence-corrected chi connectivity index (χ4v) is 3.55. The topological polar surface area (TPSA) is 35.5 Å². The van der Waals surface area contributed by atoms with Gasteiger partial charge in [0.25, 0.3) is 0 Å². The van der Waals surface area contributed by atoms with E-state index in [9.17, 15) is 5.11 Å². The fourth-order valence-electron chi connectivity index (χ4n) is 3.55. The third-order valence-electron chi connectivity index (χ3n) is 4.84. The standard InChI is InChI=1S/C17H26N2O/c20-12-4-11-19(15-6-3-7-15)17-9-10-18-13-14-5-1-2-8-16(14)17/h1-2,5,8,15,17-18,20H,3-4,6-7,9-13H2. The summed E-state index contributed by atoms with van der Waals surface area (Å²) < 4.78 is 0. The maximum Gasteiger partial charge on any atom is 0.0443 e. The quantitative estimate of drug-likeness (QED) is 0.866. The van der Waals surface area contributed by atoms with Crippen LogP contribution < -0.4 is 5.32 Å². The molecule has 1 unspecified atom stereocenters. The molecule has 2 N–H and O–H groups in total. The molecule has 0 bridgehead atoms. The van der Waals surface area contributed by atoms with Crippen LogP contribution in [0.25, 0.3) is 0 Å². The average molecular weight is 274 g/mol. The van der Waals surface area contributed by atoms with Crippen LogP contribution in [0.3, 0.4) is 0 Å². The van der Waals surface area contributed by atoms with Gasteiger partial charge in [0.05, 0.1) is 0 Å². The Morgan fingerprint density at radius 1 is 1.20 bits per heavy atom. The van der Waals surface area contributed by atoms with Gasteiger partial charge in [-0.1, -0.05) is 30.7 Å². The molecule has 1 aliphatic heterocycles. The molecule has 0 aromatic heterocycles. The van der Waals surface area contributed by atoms with Crippen molar-refractivity contribution in [1.29, 1.82) is 0 Å². The molecule has 1 atom stereocenters. The van der Waals surface area contributed by atoms with E-state index in [0.717, 1.165) is 32.1 Å². The first-order valence-corrected chi connectivity index (χ1v) is 8.05. The second kappa shape index (κ2) is 6.70. The maximum absolute atomic E-state index is 9.20. The smallest absolute Gasteiger partial charge is 0.0443 e. The second-order valence-corrected chi connectivity index (χ2v) is 6.08. The molecule has 1 aliphatic carbocycles. The zero-order valence-electron chi connectivity index (χ0n) is 12.2. The van der Waals surface area contributed by atoms with Crippen molar-refractivity contribution in [3.05, 3.63) is 35.4 Å². The Morgan fingerprint density at radius 3 is 2.80 bits per heavy atom. The highest BCUT2D eigenvalue weighted by atomic mass is 16.3. The summed E-state index contributed by atoms with van der Waals surface area (Å²) in [5.74, 6) is 0. The van der Waals surface area contributed by atoms with E-state index in [0.29, 0.717) is 12.6 Å². The van der Waals surface area contributed by atoms with E-state index in [2.05, 4.69) is 34.5 Å². The molecule has 0 saturated heterocycles. The molecule has 1 heterocycles. The van der Waals surface area contributed by atoms with Crippen molar-refractivity contribution in [2.24, 2.45) is 0 Å². The Kier molecular flexibility index (Phi) is 4.71. The predicted molar refractivity (Wildman–Crippen MR) is 81.6 cm³/mol. The third kappa shape index (κ3) is 2.90. The Morgan fingerprint density at radius 2 is 2.05 bits per heavy atom. The number of nitrogens with one attached hydrogen (secondary N) is 1. The van der Waals surface area contributed by atoms with Gasteiger partial charge < -0.3 is 10.4 Å². The molecule has 0 spiro atoms. The lowest BCUT2D eigenvalue weighted by atomic mass is 9.87. The molecule has 1 aromatic rings. The minimum absolute atomic E-state index is 0.301. The first-order chi connectivity index (χ1) is 9.90. The van der Waals surface area contributed by atoms with Gasteiger partial charge in [0.15, 0.2) is 0 Å². The van der Waals surface area contributed by atoms with Gasteiger partial charge in [-0.05, 0) is 43.4 Å². The molecule has 0 radical (unpaired) electrons. The van der Waals surface area contributed by atoms with Gasteiger partial charge in [0.1, 0.15) is 0 Å². The second-order valence-electron chi connectivity index (χ2n) is 6.08. The van der Waals surface area contributed by atoms with Crippen LogP contribution in [0.15, 0.2) is 24.3 Å². The molecule has 0 amide bonds. The number of aliphatic hydroxyl groups excluding tert-OH is 1. The van der Waals surface area contributed by atoms with Crippen molar-refractivity contribution in [1.82, 2.24) is 10.2 Å². The molecule has 1 fully saturated rings. The van der Waals surface area contributed by atoms with Crippen LogP contribution in [0.1, 0.15) is 49.3 Å². The van der Waals surface area contributed by atoms with Crippen molar-refractivity contribution in [2.45, 2.75) is 50.7 Å². The lowest BCUT2D eigenvalue weighted by Crippen LogP contribution is -2.43. The van der Waals surface area contributed by atoms with Crippen LogP contribution >= 0.6 is 0 Å². The highest BCUT2D eigenvalue weighted by molar-refractivity contribution is 5.31. The molecule has 3 heteroatoms. The molecule has 110 valence electrons. The van der Waals surface area contributed by atoms with E-state index in [1.807, 2.05) is 0 Å². The van der Waals surface area contributed by atoms with Gasteiger partial charge in [-0.3, -0.25) is 4.90 Å². The van der Waals surface area contributed by atoms with Crippen LogP contribution in [0.5, 0.6) is 0 Å². The molecule has 20 heavy (non-hydrogen) atoms. The largest absolute Gasteiger partial charge is 0.396 e. The van der Waals surface area contributed by atoms with Crippen molar-refractivity contribution in [2.75, 3.05) is 19.7 Å². The van der Waals surface area contributed by atoms with Crippen molar-refractivity contribution >= 4 is 0 Å². The van der Waals surface area contributed by atoms with E-state index < -0.39 is 0 Å². The number of hydrogen-bond donors (Lipinski definition) is 2. The first kappa shape index (κ1) is 14.1. The summed E-state index contributed by atoms with van der Waals surface area (Å²) in [4.78, 5) is 2.67. The molecular weight excluding hydrogens is 248 g/mol. The Bertz CT molecular complexity index is 431. The predicted octanol–water partition coefficient (Wildman–Crippen LogP) is 2.46. The van der Waals surface area contributed by atoms with Gasteiger partial charge in [-0.15, -0.1) is 0 Å². The van der Waals surface area contributed by atoms with Gasteiger partial charge in [-0.25, -0.2) is 0 Å². The van der Waals surface area contributed by atoms with Crippen LogP contribution in [-0.2, 0) is 6.54 Å². The van der Waals surface area contributed by atoms with Crippen molar-refractivity contribution in [3.8, 4) is 0 Å². The number of fused-ring (bicyclic) bond motifs is 1. The molecule has 3 nitrogen and oxygen atoms in total. The summed E-state index contributed by atoms with van der Waals surface area (Å²) in [6, 6.07) is 10.1. The number of rotatable bonds is 5. The number of benzene rings is 1. The summed E-state index contributed by atoms with van der Waals surface area (Å²) in [5.41, 5.74) is 2.95. The van der Waals surface area contributed by atoms with Crippen molar-refractivity contribution in [3.63, 3.8) is 0 Å². The lowest BCUT2D eigenvalue weighted by Gasteiger charge is -2.43. The minimum Gasteiger partial charge on any atom is -0.396 e. The number of nitrogens with zero attached hydrogens (tertiary/aromatic N) is 1. The Hall–Kier alpha value is -0.900. The SMILES string of the molecule is OCCCN(C1CCC1)C1CCNCc2ccccc21. The van der Waals surface area contributed by atoms with E-state index in [1.54, 1.807) is 0 Å². The van der Waals surface area contributed by atoms with Crippen LogP contribution in [0, 0.1) is 0 Å². The highest BCUT2D eigenvalue weighted by Gasteiger charge is 2.32. The van der Waals surface area contributed by atoms with Gasteiger partial charge >= 0.3 is 0 Å². The van der Waals surface area contributed by atoms with Crippen LogP contribution in [-0.4, -0.2) is 35.7 Å². The first-order valence-electron chi connectivity index (χ1n) is 8.05. The van der Waals surface area contributed by atoms with Gasteiger partial charge in [0.2, 0.25) is 0 Å². The zero-order valence-corrected chi connectivity index (χ0v) is 12.2. The lowest BCUT2D eigenvalue weighted by molar-refractivity contribution is 0.0678. The molecule has 2 aliphatic rings. The zero-order chi connectivity index (χ0) is 13.8. The summed E-state index contributed by atoms with van der Waals surface area (Å²) >= 11 is 0. The fraction of sp³-hybridized carbons (Fsp3) is 0.647. The van der Waals surface area contributed by atoms with E-state index in [-0.39, 0.29) is 0 Å². The molecular formula is C17H26N2O. The van der Waals surface area contributed by atoms with Crippen LogP contribution in [0.2, 0.25) is 0 Å². The number of hydrogen-bond acceptors (Lipinski definition) is 3. The Balaban J connectivity index is 1.84. The van der Waals surface area contributed by atoms with Crippen molar-refractivity contribution < 1.29 is 5.11 Å². The number of aliphatic hydroxyl groups is 1. The normalized spacial score (nSPS) is 23.2. The summed E-state index contributed by atoms with van der Waals surface area (Å²) in [5, 5.41) is 12.7. The average Bonchev–Trinajstić information content (AvgIpc) is 2.63. The van der Waals surface area contributed by atoms with Crippen LogP contribution in [0.4, 0.5) is 0 Å². The summed E-state index contributed by atoms with van der Waals surface area (Å²) in [6.45, 7) is 3.41. The molecule has 1 saturated carbocycles. The minimum atomic E-state index is 0.301. The molecule has 3 rings (SSSR count). The summed E-state index contributed by atoms with van der Waals surface area (Å²) in [7, 11) is 0. The monoisotopic (exact) mass is 274 g/mol. The van der Waals surface area contributed by atoms with Gasteiger partial charge in [0, 0.05) is 31.8 Å².